The maximum atomic E-state index is 11.9. The Morgan fingerprint density at radius 3 is 2.63 bits per heavy atom. The lowest BCUT2D eigenvalue weighted by atomic mass is 10.0. The number of aliphatic hydroxyl groups excluding tert-OH is 1. The first-order valence-corrected chi connectivity index (χ1v) is 6.24. The second kappa shape index (κ2) is 6.14. The summed E-state index contributed by atoms with van der Waals surface area (Å²) in [6.07, 6.45) is -2.06. The number of hydrogen-bond acceptors (Lipinski definition) is 5. The molecule has 1 aromatic rings. The van der Waals surface area contributed by atoms with Crippen LogP contribution in [0.3, 0.4) is 0 Å². The standard InChI is InChI=1S/C14H18O5/c1-9-13(11(15)8-12(17-2)18-9)19-14(16)10-6-4-3-5-7-10/h3-7,9,11-13,15H,8H2,1-2H3/t9-,11-,12+,13-/m1/s1. The fourth-order valence-corrected chi connectivity index (χ4v) is 2.11. The van der Waals surface area contributed by atoms with E-state index in [1.54, 1.807) is 31.2 Å². The zero-order valence-corrected chi connectivity index (χ0v) is 11.0. The van der Waals surface area contributed by atoms with Gasteiger partial charge in [0.1, 0.15) is 0 Å². The lowest BCUT2D eigenvalue weighted by molar-refractivity contribution is -0.236. The molecule has 1 fully saturated rings. The number of carbonyl (C=O) groups is 1. The van der Waals surface area contributed by atoms with Crippen molar-refractivity contribution < 1.29 is 24.1 Å². The minimum atomic E-state index is -0.790. The first kappa shape index (κ1) is 14.0. The fourth-order valence-electron chi connectivity index (χ4n) is 2.11. The number of rotatable bonds is 3. The van der Waals surface area contributed by atoms with Crippen molar-refractivity contribution in [2.75, 3.05) is 7.11 Å². The van der Waals surface area contributed by atoms with Crippen LogP contribution in [0.5, 0.6) is 0 Å². The summed E-state index contributed by atoms with van der Waals surface area (Å²) in [7, 11) is 1.51. The first-order chi connectivity index (χ1) is 9.11. The Hall–Kier alpha value is -1.43. The number of aliphatic hydroxyl groups is 1. The van der Waals surface area contributed by atoms with Gasteiger partial charge in [-0.05, 0) is 19.1 Å². The number of benzene rings is 1. The summed E-state index contributed by atoms with van der Waals surface area (Å²) < 4.78 is 15.9. The van der Waals surface area contributed by atoms with Crippen LogP contribution in [0, 0.1) is 0 Å². The molecule has 0 spiro atoms. The number of methoxy groups -OCH3 is 1. The van der Waals surface area contributed by atoms with E-state index >= 15 is 0 Å². The van der Waals surface area contributed by atoms with Gasteiger partial charge in [-0.1, -0.05) is 18.2 Å². The van der Waals surface area contributed by atoms with Crippen LogP contribution in [0.15, 0.2) is 30.3 Å². The molecule has 0 aromatic heterocycles. The fraction of sp³-hybridized carbons (Fsp3) is 0.500. The average Bonchev–Trinajstić information content (AvgIpc) is 2.43. The molecule has 1 heterocycles. The predicted octanol–water partition coefficient (Wildman–Crippen LogP) is 1.35. The van der Waals surface area contributed by atoms with Crippen molar-refractivity contribution in [1.82, 2.24) is 0 Å². The molecule has 5 heteroatoms. The van der Waals surface area contributed by atoms with Gasteiger partial charge in [-0.3, -0.25) is 0 Å². The van der Waals surface area contributed by atoms with Gasteiger partial charge >= 0.3 is 5.97 Å². The Kier molecular flexibility index (Phi) is 4.52. The Labute approximate surface area is 112 Å². The van der Waals surface area contributed by atoms with Crippen molar-refractivity contribution >= 4 is 5.97 Å². The molecular weight excluding hydrogens is 248 g/mol. The van der Waals surface area contributed by atoms with Gasteiger partial charge in [0, 0.05) is 13.5 Å². The highest BCUT2D eigenvalue weighted by molar-refractivity contribution is 5.89. The molecule has 1 aliphatic rings. The highest BCUT2D eigenvalue weighted by atomic mass is 16.7. The number of hydrogen-bond donors (Lipinski definition) is 1. The van der Waals surface area contributed by atoms with Crippen LogP contribution in [0.2, 0.25) is 0 Å². The molecule has 2 rings (SSSR count). The molecule has 19 heavy (non-hydrogen) atoms. The van der Waals surface area contributed by atoms with Crippen LogP contribution in [-0.2, 0) is 14.2 Å². The van der Waals surface area contributed by atoms with E-state index in [0.717, 1.165) is 0 Å². The van der Waals surface area contributed by atoms with Gasteiger partial charge in [-0.25, -0.2) is 4.79 Å². The normalized spacial score (nSPS) is 30.9. The topological polar surface area (TPSA) is 65.0 Å². The molecule has 5 nitrogen and oxygen atoms in total. The maximum absolute atomic E-state index is 11.9. The third-order valence-corrected chi connectivity index (χ3v) is 3.16. The molecule has 1 saturated heterocycles. The molecule has 0 saturated carbocycles. The Morgan fingerprint density at radius 2 is 2.05 bits per heavy atom. The minimum absolute atomic E-state index is 0.285. The molecule has 0 unspecified atom stereocenters. The lowest BCUT2D eigenvalue weighted by Gasteiger charge is -2.36. The second-order valence-corrected chi connectivity index (χ2v) is 4.55. The van der Waals surface area contributed by atoms with Crippen molar-refractivity contribution in [1.29, 1.82) is 0 Å². The first-order valence-electron chi connectivity index (χ1n) is 6.24. The van der Waals surface area contributed by atoms with E-state index in [2.05, 4.69) is 0 Å². The van der Waals surface area contributed by atoms with Gasteiger partial charge in [0.2, 0.25) is 0 Å². The Morgan fingerprint density at radius 1 is 1.37 bits per heavy atom. The summed E-state index contributed by atoms with van der Waals surface area (Å²) in [6.45, 7) is 1.75. The maximum Gasteiger partial charge on any atom is 0.338 e. The monoisotopic (exact) mass is 266 g/mol. The van der Waals surface area contributed by atoms with Crippen molar-refractivity contribution in [2.24, 2.45) is 0 Å². The molecule has 104 valence electrons. The van der Waals surface area contributed by atoms with E-state index in [0.29, 0.717) is 5.56 Å². The van der Waals surface area contributed by atoms with Crippen LogP contribution in [-0.4, -0.2) is 42.8 Å². The van der Waals surface area contributed by atoms with Gasteiger partial charge in [0.25, 0.3) is 0 Å². The van der Waals surface area contributed by atoms with E-state index in [4.69, 9.17) is 14.2 Å². The zero-order chi connectivity index (χ0) is 13.8. The molecular formula is C14H18O5. The van der Waals surface area contributed by atoms with Crippen LogP contribution in [0.4, 0.5) is 0 Å². The molecule has 0 amide bonds. The summed E-state index contributed by atoms with van der Waals surface area (Å²) >= 11 is 0. The third-order valence-electron chi connectivity index (χ3n) is 3.16. The van der Waals surface area contributed by atoms with E-state index in [1.807, 2.05) is 6.07 Å². The molecule has 0 radical (unpaired) electrons. The minimum Gasteiger partial charge on any atom is -0.453 e. The van der Waals surface area contributed by atoms with Crippen molar-refractivity contribution in [3.63, 3.8) is 0 Å². The van der Waals surface area contributed by atoms with E-state index < -0.39 is 30.6 Å². The molecule has 1 aromatic carbocycles. The molecule has 1 aliphatic heterocycles. The number of carbonyl (C=O) groups excluding carboxylic acids is 1. The van der Waals surface area contributed by atoms with Crippen LogP contribution in [0.1, 0.15) is 23.7 Å². The number of esters is 1. The van der Waals surface area contributed by atoms with Crippen LogP contribution in [0.25, 0.3) is 0 Å². The Balaban J connectivity index is 2.01. The van der Waals surface area contributed by atoms with E-state index in [-0.39, 0.29) is 6.42 Å². The van der Waals surface area contributed by atoms with Crippen LogP contribution >= 0.6 is 0 Å². The summed E-state index contributed by atoms with van der Waals surface area (Å²) in [5.74, 6) is -0.462. The molecule has 0 aliphatic carbocycles. The SMILES string of the molecule is CO[C@@H]1C[C@@H](O)[C@H](OC(=O)c2ccccc2)[C@@H](C)O1. The quantitative estimate of drug-likeness (QED) is 0.837. The van der Waals surface area contributed by atoms with Crippen molar-refractivity contribution in [3.05, 3.63) is 35.9 Å². The zero-order valence-electron chi connectivity index (χ0n) is 11.0. The molecule has 1 N–H and O–H groups in total. The van der Waals surface area contributed by atoms with Crippen molar-refractivity contribution in [3.8, 4) is 0 Å². The Bertz CT molecular complexity index is 407. The third kappa shape index (κ3) is 3.32. The lowest BCUT2D eigenvalue weighted by Crippen LogP contribution is -2.49. The average molecular weight is 266 g/mol. The van der Waals surface area contributed by atoms with E-state index in [9.17, 15) is 9.90 Å². The highest BCUT2D eigenvalue weighted by Gasteiger charge is 2.38. The van der Waals surface area contributed by atoms with Gasteiger partial charge in [0.05, 0.1) is 17.8 Å². The summed E-state index contributed by atoms with van der Waals surface area (Å²) in [5, 5.41) is 10.00. The number of ether oxygens (including phenoxy) is 3. The van der Waals surface area contributed by atoms with Gasteiger partial charge < -0.3 is 19.3 Å². The van der Waals surface area contributed by atoms with Gasteiger partial charge in [-0.2, -0.15) is 0 Å². The summed E-state index contributed by atoms with van der Waals surface area (Å²) in [6, 6.07) is 8.67. The second-order valence-electron chi connectivity index (χ2n) is 4.55. The predicted molar refractivity (Wildman–Crippen MR) is 67.6 cm³/mol. The highest BCUT2D eigenvalue weighted by Crippen LogP contribution is 2.23. The molecule has 0 bridgehead atoms. The largest absolute Gasteiger partial charge is 0.453 e. The van der Waals surface area contributed by atoms with Gasteiger partial charge in [0.15, 0.2) is 12.4 Å². The van der Waals surface area contributed by atoms with Crippen LogP contribution < -0.4 is 0 Å². The smallest absolute Gasteiger partial charge is 0.338 e. The molecule has 4 atom stereocenters. The van der Waals surface area contributed by atoms with Gasteiger partial charge in [-0.15, -0.1) is 0 Å². The summed E-state index contributed by atoms with van der Waals surface area (Å²) in [5.41, 5.74) is 0.454. The summed E-state index contributed by atoms with van der Waals surface area (Å²) in [4.78, 5) is 11.9. The van der Waals surface area contributed by atoms with Crippen molar-refractivity contribution in [2.45, 2.75) is 37.9 Å². The van der Waals surface area contributed by atoms with E-state index in [1.165, 1.54) is 7.11 Å².